The van der Waals surface area contributed by atoms with Gasteiger partial charge in [0.25, 0.3) is 0 Å². The fourth-order valence-corrected chi connectivity index (χ4v) is 3.69. The molecule has 6 nitrogen and oxygen atoms in total. The Morgan fingerprint density at radius 3 is 2.38 bits per heavy atom. The van der Waals surface area contributed by atoms with Gasteiger partial charge in [-0.2, -0.15) is 0 Å². The molecule has 0 aromatic heterocycles. The van der Waals surface area contributed by atoms with Crippen molar-refractivity contribution >= 4 is 28.2 Å². The van der Waals surface area contributed by atoms with Crippen LogP contribution in [0, 0.1) is 11.2 Å². The summed E-state index contributed by atoms with van der Waals surface area (Å²) in [6.07, 6.45) is 1.06. The van der Waals surface area contributed by atoms with Crippen LogP contribution >= 0.6 is 12.4 Å². The van der Waals surface area contributed by atoms with Crippen molar-refractivity contribution in [3.8, 4) is 0 Å². The van der Waals surface area contributed by atoms with Crippen LogP contribution in [0.25, 0.3) is 0 Å². The zero-order valence-corrected chi connectivity index (χ0v) is 14.8. The maximum Gasteiger partial charge on any atom is 0.227 e. The Labute approximate surface area is 147 Å². The third-order valence-corrected chi connectivity index (χ3v) is 5.88. The highest BCUT2D eigenvalue weighted by molar-refractivity contribution is 7.91. The number of ether oxygens (including phenoxy) is 1. The molecule has 2 rings (SSSR count). The molecular weight excluding hydrogens is 359 g/mol. The third kappa shape index (κ3) is 4.89. The van der Waals surface area contributed by atoms with E-state index in [1.807, 2.05) is 0 Å². The Bertz CT molecular complexity index is 646. The number of halogens is 2. The van der Waals surface area contributed by atoms with E-state index >= 15 is 0 Å². The summed E-state index contributed by atoms with van der Waals surface area (Å²) < 4.78 is 42.4. The number of benzene rings is 1. The minimum atomic E-state index is -3.57. The number of rotatable bonds is 6. The van der Waals surface area contributed by atoms with Crippen LogP contribution in [0.3, 0.4) is 0 Å². The fraction of sp³-hybridized carbons (Fsp3) is 0.533. The van der Waals surface area contributed by atoms with Crippen molar-refractivity contribution in [2.75, 3.05) is 32.1 Å². The summed E-state index contributed by atoms with van der Waals surface area (Å²) >= 11 is 0. The minimum Gasteiger partial charge on any atom is -0.381 e. The lowest BCUT2D eigenvalue weighted by molar-refractivity contribution is -0.135. The van der Waals surface area contributed by atoms with Crippen molar-refractivity contribution in [1.29, 1.82) is 0 Å². The van der Waals surface area contributed by atoms with Gasteiger partial charge >= 0.3 is 0 Å². The first kappa shape index (κ1) is 20.8. The lowest BCUT2D eigenvalue weighted by atomic mass is 9.79. The maximum atomic E-state index is 12.8. The Kier molecular flexibility index (Phi) is 7.59. The molecule has 9 heteroatoms. The number of nitrogens with two attached hydrogens (primary N) is 1. The first-order valence-electron chi connectivity index (χ1n) is 7.44. The second-order valence-electron chi connectivity index (χ2n) is 5.63. The van der Waals surface area contributed by atoms with Crippen molar-refractivity contribution in [3.05, 3.63) is 30.1 Å². The SMILES string of the molecule is Cl.NCC1(C(=O)NCCS(=O)(=O)c2ccc(F)cc2)CCOCC1. The van der Waals surface area contributed by atoms with Gasteiger partial charge in [0.05, 0.1) is 16.1 Å². The first-order valence-corrected chi connectivity index (χ1v) is 9.09. The van der Waals surface area contributed by atoms with Crippen LogP contribution in [0.4, 0.5) is 4.39 Å². The van der Waals surface area contributed by atoms with Crippen LogP contribution in [0.2, 0.25) is 0 Å². The van der Waals surface area contributed by atoms with Gasteiger partial charge in [-0.3, -0.25) is 4.79 Å². The van der Waals surface area contributed by atoms with Crippen LogP contribution in [0.1, 0.15) is 12.8 Å². The van der Waals surface area contributed by atoms with Crippen LogP contribution < -0.4 is 11.1 Å². The number of hydrogen-bond acceptors (Lipinski definition) is 5. The van der Waals surface area contributed by atoms with Gasteiger partial charge in [0.15, 0.2) is 9.84 Å². The molecule has 0 aliphatic carbocycles. The van der Waals surface area contributed by atoms with E-state index in [1.165, 1.54) is 12.1 Å². The van der Waals surface area contributed by atoms with Gasteiger partial charge in [0.1, 0.15) is 5.82 Å². The number of sulfone groups is 1. The molecule has 24 heavy (non-hydrogen) atoms. The molecule has 1 aliphatic heterocycles. The normalized spacial score (nSPS) is 16.9. The smallest absolute Gasteiger partial charge is 0.227 e. The summed E-state index contributed by atoms with van der Waals surface area (Å²) in [5.41, 5.74) is 5.05. The topological polar surface area (TPSA) is 98.5 Å². The van der Waals surface area contributed by atoms with Crippen LogP contribution in [0.5, 0.6) is 0 Å². The molecule has 0 saturated carbocycles. The Hall–Kier alpha value is -1.22. The third-order valence-electron chi connectivity index (χ3n) is 4.15. The molecule has 3 N–H and O–H groups in total. The van der Waals surface area contributed by atoms with Crippen molar-refractivity contribution in [1.82, 2.24) is 5.32 Å². The Balaban J connectivity index is 0.00000288. The molecular formula is C15H22ClFN2O4S. The van der Waals surface area contributed by atoms with Gasteiger partial charge in [-0.1, -0.05) is 0 Å². The zero-order valence-electron chi connectivity index (χ0n) is 13.2. The maximum absolute atomic E-state index is 12.8. The van der Waals surface area contributed by atoms with E-state index in [1.54, 1.807) is 0 Å². The van der Waals surface area contributed by atoms with Gasteiger partial charge in [0.2, 0.25) is 5.91 Å². The Morgan fingerprint density at radius 2 is 1.83 bits per heavy atom. The van der Waals surface area contributed by atoms with E-state index in [9.17, 15) is 17.6 Å². The molecule has 0 unspecified atom stereocenters. The highest BCUT2D eigenvalue weighted by Crippen LogP contribution is 2.29. The lowest BCUT2D eigenvalue weighted by Crippen LogP contribution is -2.49. The summed E-state index contributed by atoms with van der Waals surface area (Å²) in [7, 11) is -3.57. The molecule has 0 bridgehead atoms. The van der Waals surface area contributed by atoms with Gasteiger partial charge in [-0.25, -0.2) is 12.8 Å². The fourth-order valence-electron chi connectivity index (χ4n) is 2.53. The molecule has 1 aromatic rings. The van der Waals surface area contributed by atoms with Gasteiger partial charge in [0, 0.05) is 26.3 Å². The van der Waals surface area contributed by atoms with Gasteiger partial charge < -0.3 is 15.8 Å². The summed E-state index contributed by atoms with van der Waals surface area (Å²) in [6.45, 7) is 1.13. The minimum absolute atomic E-state index is 0. The molecule has 1 heterocycles. The van der Waals surface area contributed by atoms with Crippen molar-refractivity contribution in [3.63, 3.8) is 0 Å². The Morgan fingerprint density at radius 1 is 1.25 bits per heavy atom. The zero-order chi connectivity index (χ0) is 16.9. The summed E-state index contributed by atoms with van der Waals surface area (Å²) in [4.78, 5) is 12.4. The van der Waals surface area contributed by atoms with E-state index in [4.69, 9.17) is 10.5 Å². The second-order valence-corrected chi connectivity index (χ2v) is 7.73. The average molecular weight is 381 g/mol. The number of hydrogen-bond donors (Lipinski definition) is 2. The second kappa shape index (κ2) is 8.75. The predicted octanol–water partition coefficient (Wildman–Crippen LogP) is 0.893. The van der Waals surface area contributed by atoms with E-state index in [-0.39, 0.29) is 42.1 Å². The van der Waals surface area contributed by atoms with Crippen molar-refractivity contribution < 1.29 is 22.3 Å². The summed E-state index contributed by atoms with van der Waals surface area (Å²) in [5, 5.41) is 2.65. The molecule has 0 spiro atoms. The molecule has 1 aliphatic rings. The molecule has 0 atom stereocenters. The monoisotopic (exact) mass is 380 g/mol. The van der Waals surface area contributed by atoms with Gasteiger partial charge in [-0.05, 0) is 37.1 Å². The number of amides is 1. The van der Waals surface area contributed by atoms with Gasteiger partial charge in [-0.15, -0.1) is 12.4 Å². The van der Waals surface area contributed by atoms with Crippen LogP contribution in [-0.2, 0) is 19.4 Å². The highest BCUT2D eigenvalue weighted by Gasteiger charge is 2.38. The number of nitrogens with one attached hydrogen (secondary N) is 1. The number of carbonyl (C=O) groups is 1. The van der Waals surface area contributed by atoms with E-state index in [0.717, 1.165) is 12.1 Å². The van der Waals surface area contributed by atoms with Crippen molar-refractivity contribution in [2.45, 2.75) is 17.7 Å². The molecule has 1 amide bonds. The number of carbonyl (C=O) groups excluding carboxylic acids is 1. The quantitative estimate of drug-likeness (QED) is 0.714. The molecule has 1 fully saturated rings. The standard InChI is InChI=1S/C15H21FN2O4S.ClH/c16-12-1-3-13(4-2-12)23(20,21)10-7-18-14(19)15(11-17)5-8-22-9-6-15;/h1-4H,5-11,17H2,(H,18,19);1H. The lowest BCUT2D eigenvalue weighted by Gasteiger charge is -2.34. The van der Waals surface area contributed by atoms with Crippen LogP contribution in [-0.4, -0.2) is 46.4 Å². The largest absolute Gasteiger partial charge is 0.381 e. The molecule has 1 aromatic carbocycles. The highest BCUT2D eigenvalue weighted by atomic mass is 35.5. The molecule has 0 radical (unpaired) electrons. The van der Waals surface area contributed by atoms with E-state index in [0.29, 0.717) is 26.1 Å². The van der Waals surface area contributed by atoms with E-state index in [2.05, 4.69) is 5.32 Å². The van der Waals surface area contributed by atoms with E-state index < -0.39 is 21.1 Å². The summed E-state index contributed by atoms with van der Waals surface area (Å²) in [5.74, 6) is -0.985. The molecule has 136 valence electrons. The summed E-state index contributed by atoms with van der Waals surface area (Å²) in [6, 6.07) is 4.62. The van der Waals surface area contributed by atoms with Crippen LogP contribution in [0.15, 0.2) is 29.2 Å². The average Bonchev–Trinajstić information content (AvgIpc) is 2.55. The van der Waals surface area contributed by atoms with Crippen molar-refractivity contribution in [2.24, 2.45) is 11.1 Å². The molecule has 1 saturated heterocycles. The predicted molar refractivity (Wildman–Crippen MR) is 90.3 cm³/mol. The first-order chi connectivity index (χ1) is 10.9.